The number of benzene rings is 2. The smallest absolute Gasteiger partial charge is 0.319 e. The maximum Gasteiger partial charge on any atom is 0.319 e. The molecule has 1 atom stereocenters. The van der Waals surface area contributed by atoms with Gasteiger partial charge < -0.3 is 30.2 Å². The van der Waals surface area contributed by atoms with E-state index in [9.17, 15) is 24.6 Å². The minimum atomic E-state index is -1.11. The first-order valence-electron chi connectivity index (χ1n) is 10.6. The lowest BCUT2D eigenvalue weighted by molar-refractivity contribution is -0.137. The predicted molar refractivity (Wildman–Crippen MR) is 128 cm³/mol. The molecule has 1 heterocycles. The van der Waals surface area contributed by atoms with E-state index in [0.29, 0.717) is 11.3 Å². The van der Waals surface area contributed by atoms with Gasteiger partial charge in [0.15, 0.2) is 5.69 Å². The maximum absolute atomic E-state index is 12.7. The standard InChI is InChI=1S/C25H27N3O6/c1-14-7-5-6-8-16(14)22-15(2)17(9-10-20(22)34-4)18(13-21(30)31)26-25(33)27-23-19(29)11-12-28(3)24(23)32/h5-12,18,29H,13H2,1-4H3,(H,30,31)(H2,26,27,33). The van der Waals surface area contributed by atoms with E-state index in [1.807, 2.05) is 38.1 Å². The lowest BCUT2D eigenvalue weighted by atomic mass is 9.89. The molecule has 34 heavy (non-hydrogen) atoms. The van der Waals surface area contributed by atoms with E-state index in [1.54, 1.807) is 19.2 Å². The van der Waals surface area contributed by atoms with Crippen LogP contribution >= 0.6 is 0 Å². The lowest BCUT2D eigenvalue weighted by Crippen LogP contribution is -2.36. The van der Waals surface area contributed by atoms with Gasteiger partial charge in [-0.2, -0.15) is 0 Å². The number of carbonyl (C=O) groups is 2. The van der Waals surface area contributed by atoms with Gasteiger partial charge in [0.2, 0.25) is 0 Å². The molecule has 0 saturated heterocycles. The van der Waals surface area contributed by atoms with Crippen molar-refractivity contribution < 1.29 is 24.5 Å². The van der Waals surface area contributed by atoms with Crippen molar-refractivity contribution in [2.45, 2.75) is 26.3 Å². The Morgan fingerprint density at radius 1 is 1.12 bits per heavy atom. The lowest BCUT2D eigenvalue weighted by Gasteiger charge is -2.23. The van der Waals surface area contributed by atoms with Crippen LogP contribution in [0.1, 0.15) is 29.2 Å². The summed E-state index contributed by atoms with van der Waals surface area (Å²) in [6, 6.07) is 10.7. The minimum Gasteiger partial charge on any atom is -0.505 e. The molecule has 3 aromatic rings. The van der Waals surface area contributed by atoms with Gasteiger partial charge in [-0.25, -0.2) is 4.79 Å². The number of nitrogens with one attached hydrogen (secondary N) is 2. The second-order valence-electron chi connectivity index (χ2n) is 7.91. The van der Waals surface area contributed by atoms with Gasteiger partial charge in [0.05, 0.1) is 19.6 Å². The fourth-order valence-corrected chi connectivity index (χ4v) is 3.90. The molecule has 9 heteroatoms. The zero-order valence-corrected chi connectivity index (χ0v) is 19.4. The SMILES string of the molecule is COc1ccc(C(CC(=O)O)NC(=O)Nc2c(O)ccn(C)c2=O)c(C)c1-c1ccccc1C. The van der Waals surface area contributed by atoms with E-state index < -0.39 is 35.8 Å². The Morgan fingerprint density at radius 3 is 2.47 bits per heavy atom. The Balaban J connectivity index is 2.02. The summed E-state index contributed by atoms with van der Waals surface area (Å²) in [5.74, 6) is -0.890. The minimum absolute atomic E-state index is 0.302. The molecule has 1 unspecified atom stereocenters. The zero-order valence-electron chi connectivity index (χ0n) is 19.4. The van der Waals surface area contributed by atoms with Crippen molar-refractivity contribution in [3.8, 4) is 22.6 Å². The highest BCUT2D eigenvalue weighted by Gasteiger charge is 2.24. The predicted octanol–water partition coefficient (Wildman–Crippen LogP) is 3.72. The Bertz CT molecular complexity index is 1300. The quantitative estimate of drug-likeness (QED) is 0.421. The summed E-state index contributed by atoms with van der Waals surface area (Å²) in [6.07, 6.45) is 0.967. The number of ether oxygens (including phenoxy) is 1. The van der Waals surface area contributed by atoms with E-state index in [4.69, 9.17) is 4.74 Å². The molecule has 2 amide bonds. The Labute approximate surface area is 196 Å². The molecule has 4 N–H and O–H groups in total. The van der Waals surface area contributed by atoms with Crippen LogP contribution in [-0.4, -0.2) is 33.9 Å². The van der Waals surface area contributed by atoms with Crippen LogP contribution in [0.2, 0.25) is 0 Å². The number of carbonyl (C=O) groups excluding carboxylic acids is 1. The number of amides is 2. The molecule has 0 aliphatic heterocycles. The van der Waals surface area contributed by atoms with E-state index >= 15 is 0 Å². The van der Waals surface area contributed by atoms with Gasteiger partial charge in [-0.15, -0.1) is 0 Å². The molecule has 0 aliphatic carbocycles. The van der Waals surface area contributed by atoms with Gasteiger partial charge in [0.1, 0.15) is 11.5 Å². The van der Waals surface area contributed by atoms with Gasteiger partial charge in [0.25, 0.3) is 5.56 Å². The van der Waals surface area contributed by atoms with Gasteiger partial charge >= 0.3 is 12.0 Å². The molecular weight excluding hydrogens is 438 g/mol. The molecule has 0 bridgehead atoms. The topological polar surface area (TPSA) is 130 Å². The Morgan fingerprint density at radius 2 is 1.82 bits per heavy atom. The van der Waals surface area contributed by atoms with E-state index in [-0.39, 0.29) is 5.69 Å². The fourth-order valence-electron chi connectivity index (χ4n) is 3.90. The molecular formula is C25H27N3O6. The highest BCUT2D eigenvalue weighted by atomic mass is 16.5. The van der Waals surface area contributed by atoms with Crippen LogP contribution in [0.5, 0.6) is 11.5 Å². The summed E-state index contributed by atoms with van der Waals surface area (Å²) in [7, 11) is 3.04. The Hall–Kier alpha value is -4.27. The summed E-state index contributed by atoms with van der Waals surface area (Å²) in [4.78, 5) is 36.6. The highest BCUT2D eigenvalue weighted by molar-refractivity contribution is 5.91. The van der Waals surface area contributed by atoms with Crippen molar-refractivity contribution in [3.05, 3.63) is 75.7 Å². The number of aromatic hydroxyl groups is 1. The normalized spacial score (nSPS) is 11.5. The molecule has 0 aliphatic rings. The maximum atomic E-state index is 12.7. The third-order valence-corrected chi connectivity index (χ3v) is 5.65. The number of aliphatic carboxylic acids is 1. The van der Waals surface area contributed by atoms with Crippen molar-refractivity contribution in [1.29, 1.82) is 0 Å². The monoisotopic (exact) mass is 465 g/mol. The highest BCUT2D eigenvalue weighted by Crippen LogP contribution is 2.39. The number of aryl methyl sites for hydroxylation is 2. The second-order valence-corrected chi connectivity index (χ2v) is 7.91. The number of methoxy groups -OCH3 is 1. The van der Waals surface area contributed by atoms with Crippen molar-refractivity contribution in [1.82, 2.24) is 9.88 Å². The number of aromatic nitrogens is 1. The molecule has 0 fully saturated rings. The molecule has 3 rings (SSSR count). The average Bonchev–Trinajstić information content (AvgIpc) is 2.79. The van der Waals surface area contributed by atoms with Crippen molar-refractivity contribution in [2.24, 2.45) is 7.05 Å². The van der Waals surface area contributed by atoms with E-state index in [2.05, 4.69) is 10.6 Å². The molecule has 0 radical (unpaired) electrons. The van der Waals surface area contributed by atoms with Crippen LogP contribution in [0.25, 0.3) is 11.1 Å². The van der Waals surface area contributed by atoms with Gasteiger partial charge in [-0.05, 0) is 48.2 Å². The van der Waals surface area contributed by atoms with Crippen molar-refractivity contribution in [3.63, 3.8) is 0 Å². The summed E-state index contributed by atoms with van der Waals surface area (Å²) in [5.41, 5.74) is 3.16. The molecule has 1 aromatic heterocycles. The average molecular weight is 466 g/mol. The third-order valence-electron chi connectivity index (χ3n) is 5.65. The van der Waals surface area contributed by atoms with E-state index in [1.165, 1.54) is 23.9 Å². The third kappa shape index (κ3) is 5.03. The number of hydrogen-bond acceptors (Lipinski definition) is 5. The van der Waals surface area contributed by atoms with Crippen LogP contribution < -0.4 is 20.9 Å². The summed E-state index contributed by atoms with van der Waals surface area (Å²) < 4.78 is 6.77. The van der Waals surface area contributed by atoms with Crippen LogP contribution in [0.4, 0.5) is 10.5 Å². The van der Waals surface area contributed by atoms with Gasteiger partial charge in [-0.3, -0.25) is 9.59 Å². The molecule has 2 aromatic carbocycles. The molecule has 9 nitrogen and oxygen atoms in total. The number of carboxylic acid groups (broad SMARTS) is 1. The first-order valence-corrected chi connectivity index (χ1v) is 10.6. The number of hydrogen-bond donors (Lipinski definition) is 4. The number of nitrogens with zero attached hydrogens (tertiary/aromatic N) is 1. The van der Waals surface area contributed by atoms with Crippen LogP contribution in [0.15, 0.2) is 53.5 Å². The summed E-state index contributed by atoms with van der Waals surface area (Å²) in [6.45, 7) is 3.81. The summed E-state index contributed by atoms with van der Waals surface area (Å²) in [5, 5.41) is 24.5. The molecule has 178 valence electrons. The van der Waals surface area contributed by atoms with Crippen molar-refractivity contribution in [2.75, 3.05) is 12.4 Å². The van der Waals surface area contributed by atoms with Crippen molar-refractivity contribution >= 4 is 17.7 Å². The second kappa shape index (κ2) is 10.1. The van der Waals surface area contributed by atoms with Crippen LogP contribution in [0, 0.1) is 13.8 Å². The fraction of sp³-hybridized carbons (Fsp3) is 0.240. The number of rotatable bonds is 7. The van der Waals surface area contributed by atoms with E-state index in [0.717, 1.165) is 22.3 Å². The largest absolute Gasteiger partial charge is 0.505 e. The van der Waals surface area contributed by atoms with Crippen LogP contribution in [-0.2, 0) is 11.8 Å². The summed E-state index contributed by atoms with van der Waals surface area (Å²) >= 11 is 0. The van der Waals surface area contributed by atoms with Gasteiger partial charge in [-0.1, -0.05) is 30.3 Å². The Kier molecular flexibility index (Phi) is 7.25. The number of carboxylic acids is 1. The zero-order chi connectivity index (χ0) is 25.0. The van der Waals surface area contributed by atoms with Gasteiger partial charge in [0, 0.05) is 18.8 Å². The number of anilines is 1. The number of urea groups is 1. The van der Waals surface area contributed by atoms with Crippen LogP contribution in [0.3, 0.4) is 0 Å². The molecule has 0 saturated carbocycles. The number of pyridine rings is 1. The first-order chi connectivity index (χ1) is 16.1. The first kappa shape index (κ1) is 24.4. The molecule has 0 spiro atoms.